The predicted molar refractivity (Wildman–Crippen MR) is 202 cm³/mol. The molecule has 0 saturated carbocycles. The summed E-state index contributed by atoms with van der Waals surface area (Å²) < 4.78 is 8.09. The van der Waals surface area contributed by atoms with E-state index in [1.165, 1.54) is 24.2 Å². The molecule has 8 rings (SSSR count). The van der Waals surface area contributed by atoms with Crippen molar-refractivity contribution in [2.24, 2.45) is 13.0 Å². The lowest BCUT2D eigenvalue weighted by atomic mass is 9.90. The number of hydrogen-bond donors (Lipinski definition) is 2. The van der Waals surface area contributed by atoms with E-state index < -0.39 is 0 Å². The minimum absolute atomic E-state index is 0.175. The molecular weight excluding hydrogens is 678 g/mol. The van der Waals surface area contributed by atoms with Gasteiger partial charge in [0.25, 0.3) is 0 Å². The lowest BCUT2D eigenvalue weighted by Crippen LogP contribution is -2.53. The lowest BCUT2D eigenvalue weighted by Gasteiger charge is -2.43. The third-order valence-corrected chi connectivity index (χ3v) is 11.2. The van der Waals surface area contributed by atoms with Gasteiger partial charge in [-0.3, -0.25) is 24.5 Å². The number of pyridine rings is 1. The van der Waals surface area contributed by atoms with Crippen molar-refractivity contribution in [2.45, 2.75) is 51.5 Å². The molecule has 3 aliphatic rings. The normalized spacial score (nSPS) is 20.5. The van der Waals surface area contributed by atoms with Crippen molar-refractivity contribution >= 4 is 46.0 Å². The number of H-pyrrole nitrogens is 1. The number of hydrogen-bond acceptors (Lipinski definition) is 9. The highest BCUT2D eigenvalue weighted by atomic mass is 35.5. The van der Waals surface area contributed by atoms with Gasteiger partial charge in [-0.1, -0.05) is 23.7 Å². The molecule has 3 fully saturated rings. The Morgan fingerprint density at radius 2 is 1.67 bits per heavy atom. The highest BCUT2D eigenvalue weighted by Crippen LogP contribution is 2.37. The Labute approximate surface area is 308 Å². The Bertz CT molecular complexity index is 2090. The number of aromatic amines is 1. The lowest BCUT2D eigenvalue weighted by molar-refractivity contribution is -0.134. The summed E-state index contributed by atoms with van der Waals surface area (Å²) in [4.78, 5) is 43.8. The molecule has 0 radical (unpaired) electrons. The number of rotatable bonds is 8. The molecule has 5 aromatic rings. The number of aryl methyl sites for hydroxylation is 2. The van der Waals surface area contributed by atoms with E-state index in [-0.39, 0.29) is 17.7 Å². The van der Waals surface area contributed by atoms with E-state index in [1.807, 2.05) is 32.3 Å². The highest BCUT2D eigenvalue weighted by molar-refractivity contribution is 6.32. The third-order valence-electron chi connectivity index (χ3n) is 10.9. The molecule has 270 valence electrons. The van der Waals surface area contributed by atoms with Crippen LogP contribution in [0.5, 0.6) is 11.5 Å². The van der Waals surface area contributed by atoms with Crippen LogP contribution in [-0.4, -0.2) is 86.8 Å². The van der Waals surface area contributed by atoms with Gasteiger partial charge in [0.1, 0.15) is 22.1 Å². The van der Waals surface area contributed by atoms with Crippen LogP contribution in [0.25, 0.3) is 22.6 Å². The molecule has 2 amide bonds. The summed E-state index contributed by atoms with van der Waals surface area (Å²) in [7, 11) is 1.88. The molecule has 3 saturated heterocycles. The van der Waals surface area contributed by atoms with Crippen molar-refractivity contribution < 1.29 is 14.3 Å². The molecule has 0 spiro atoms. The van der Waals surface area contributed by atoms with Crippen LogP contribution >= 0.6 is 11.6 Å². The van der Waals surface area contributed by atoms with Crippen molar-refractivity contribution in [3.8, 4) is 22.9 Å². The number of benzene rings is 2. The van der Waals surface area contributed by atoms with Gasteiger partial charge in [0.05, 0.1) is 23.4 Å². The first-order valence-corrected chi connectivity index (χ1v) is 18.6. The second kappa shape index (κ2) is 14.2. The average Bonchev–Trinajstić information content (AvgIpc) is 3.73. The largest absolute Gasteiger partial charge is 0.453 e. The summed E-state index contributed by atoms with van der Waals surface area (Å²) in [6, 6.07) is 17.0. The van der Waals surface area contributed by atoms with Crippen LogP contribution in [0.15, 0.2) is 60.9 Å². The molecule has 2 N–H and O–H groups in total. The van der Waals surface area contributed by atoms with Crippen LogP contribution in [0.3, 0.4) is 0 Å². The van der Waals surface area contributed by atoms with Crippen LogP contribution in [-0.2, 0) is 16.6 Å². The summed E-state index contributed by atoms with van der Waals surface area (Å²) in [5.41, 5.74) is 6.32. The smallest absolute Gasteiger partial charge is 0.234 e. The van der Waals surface area contributed by atoms with E-state index in [2.05, 4.69) is 83.4 Å². The van der Waals surface area contributed by atoms with E-state index >= 15 is 0 Å². The Balaban J connectivity index is 0.835. The van der Waals surface area contributed by atoms with Gasteiger partial charge in [0, 0.05) is 76.4 Å². The van der Waals surface area contributed by atoms with E-state index in [0.717, 1.165) is 56.1 Å². The number of halogens is 1. The second-order valence-electron chi connectivity index (χ2n) is 14.4. The number of carbonyl (C=O) groups is 2. The topological polar surface area (TPSA) is 125 Å². The zero-order chi connectivity index (χ0) is 35.9. The minimum atomic E-state index is -0.239. The molecule has 0 bridgehead atoms. The Morgan fingerprint density at radius 1 is 0.942 bits per heavy atom. The van der Waals surface area contributed by atoms with Gasteiger partial charge in [-0.15, -0.1) is 0 Å². The highest BCUT2D eigenvalue weighted by Gasteiger charge is 2.30. The van der Waals surface area contributed by atoms with E-state index in [4.69, 9.17) is 16.3 Å². The first kappa shape index (κ1) is 34.2. The van der Waals surface area contributed by atoms with Crippen molar-refractivity contribution in [3.63, 3.8) is 0 Å². The monoisotopic (exact) mass is 721 g/mol. The number of piperazine rings is 1. The number of imide groups is 1. The molecule has 3 aromatic heterocycles. The summed E-state index contributed by atoms with van der Waals surface area (Å²) in [5.74, 6) is 1.94. The van der Waals surface area contributed by atoms with Gasteiger partial charge in [0.15, 0.2) is 11.4 Å². The maximum Gasteiger partial charge on any atom is 0.234 e. The maximum absolute atomic E-state index is 12.3. The fraction of sp³-hybridized carbons (Fsp3) is 0.410. The zero-order valence-corrected chi connectivity index (χ0v) is 30.6. The van der Waals surface area contributed by atoms with E-state index in [0.29, 0.717) is 58.3 Å². The molecule has 2 atom stereocenters. The van der Waals surface area contributed by atoms with Gasteiger partial charge in [-0.2, -0.15) is 5.10 Å². The number of piperidine rings is 2. The first-order chi connectivity index (χ1) is 25.2. The van der Waals surface area contributed by atoms with Crippen molar-refractivity contribution in [1.82, 2.24) is 34.9 Å². The predicted octanol–water partition coefficient (Wildman–Crippen LogP) is 6.06. The molecule has 2 aromatic carbocycles. The van der Waals surface area contributed by atoms with Crippen LogP contribution in [0.2, 0.25) is 5.02 Å². The number of amides is 2. The minimum Gasteiger partial charge on any atom is -0.453 e. The number of nitrogens with zero attached hydrogens (tertiary/aromatic N) is 7. The number of aromatic nitrogens is 5. The van der Waals surface area contributed by atoms with Crippen LogP contribution in [0.1, 0.15) is 49.8 Å². The van der Waals surface area contributed by atoms with Gasteiger partial charge >= 0.3 is 0 Å². The molecule has 6 heterocycles. The summed E-state index contributed by atoms with van der Waals surface area (Å²) in [5, 5.41) is 7.31. The Kier molecular flexibility index (Phi) is 9.35. The number of fused-ring (bicyclic) bond motifs is 1. The van der Waals surface area contributed by atoms with Crippen molar-refractivity contribution in [1.29, 1.82) is 0 Å². The molecule has 3 aliphatic heterocycles. The van der Waals surface area contributed by atoms with E-state index in [9.17, 15) is 9.59 Å². The fourth-order valence-electron chi connectivity index (χ4n) is 7.95. The number of anilines is 2. The molecule has 12 nitrogen and oxygen atoms in total. The van der Waals surface area contributed by atoms with Crippen molar-refractivity contribution in [2.75, 3.05) is 49.1 Å². The SMILES string of the molecule is Cc1nn(C)cc1-c1nc2ncc(Cl)c(Oc3ccc(N4CCN(CC5CCN(c6ccc([C@H]7CCC(=O)NC7=O)cc6)CC5)[C@@H](C)C4)cc3)c2[nH]1. The number of imidazole rings is 1. The summed E-state index contributed by atoms with van der Waals surface area (Å²) in [6.07, 6.45) is 6.81. The molecule has 0 unspecified atom stereocenters. The van der Waals surface area contributed by atoms with E-state index in [1.54, 1.807) is 10.9 Å². The van der Waals surface area contributed by atoms with Crippen LogP contribution in [0, 0.1) is 12.8 Å². The fourth-order valence-corrected chi connectivity index (χ4v) is 8.13. The van der Waals surface area contributed by atoms with Gasteiger partial charge in [0.2, 0.25) is 11.8 Å². The Morgan fingerprint density at radius 3 is 2.37 bits per heavy atom. The number of nitrogens with one attached hydrogen (secondary N) is 2. The number of ether oxygens (including phenoxy) is 1. The van der Waals surface area contributed by atoms with Crippen LogP contribution in [0.4, 0.5) is 11.4 Å². The Hall–Kier alpha value is -4.94. The number of carbonyl (C=O) groups excluding carboxylic acids is 2. The standard InChI is InChI=1S/C39H44ClN9O3/c1-24-21-49(19-18-48(24)22-26-14-16-47(17-15-26)28-6-4-27(5-7-28)31-12-13-34(50)42-39(31)51)29-8-10-30(11-9-29)52-36-33(40)20-41-38-35(36)43-37(44-38)32-23-46(3)45-25(32)2/h4-11,20,23-24,26,31H,12-19,21-22H2,1-3H3,(H,41,43,44)(H,42,50,51)/t24-,31+/m0/s1. The summed E-state index contributed by atoms with van der Waals surface area (Å²) >= 11 is 6.58. The maximum atomic E-state index is 12.3. The molecular formula is C39H44ClN9O3. The van der Waals surface area contributed by atoms with Gasteiger partial charge in [-0.25, -0.2) is 9.97 Å². The molecule has 52 heavy (non-hydrogen) atoms. The quantitative estimate of drug-likeness (QED) is 0.184. The molecule has 0 aliphatic carbocycles. The zero-order valence-electron chi connectivity index (χ0n) is 29.8. The third kappa shape index (κ3) is 6.97. The second-order valence-corrected chi connectivity index (χ2v) is 14.8. The average molecular weight is 722 g/mol. The van der Waals surface area contributed by atoms with Crippen LogP contribution < -0.4 is 19.9 Å². The molecule has 13 heteroatoms. The first-order valence-electron chi connectivity index (χ1n) is 18.2. The van der Waals surface area contributed by atoms with Crippen molar-refractivity contribution in [3.05, 3.63) is 77.2 Å². The summed E-state index contributed by atoms with van der Waals surface area (Å²) in [6.45, 7) is 10.5. The van der Waals surface area contributed by atoms with Gasteiger partial charge in [-0.05, 0) is 81.0 Å². The van der Waals surface area contributed by atoms with Gasteiger partial charge < -0.3 is 19.5 Å².